The van der Waals surface area contributed by atoms with Crippen molar-refractivity contribution in [2.24, 2.45) is 5.73 Å². The lowest BCUT2D eigenvalue weighted by Gasteiger charge is -2.16. The van der Waals surface area contributed by atoms with Gasteiger partial charge in [-0.15, -0.1) is 0 Å². The lowest BCUT2D eigenvalue weighted by atomic mass is 10.1. The summed E-state index contributed by atoms with van der Waals surface area (Å²) in [6.45, 7) is 6.74. The molecule has 2 heterocycles. The van der Waals surface area contributed by atoms with Gasteiger partial charge in [0.2, 0.25) is 0 Å². The molecule has 0 bridgehead atoms. The summed E-state index contributed by atoms with van der Waals surface area (Å²) in [6, 6.07) is 5.57. The Kier molecular flexibility index (Phi) is 5.55. The molecule has 2 aromatic rings. The maximum absolute atomic E-state index is 11.2. The van der Waals surface area contributed by atoms with Crippen LogP contribution >= 0.6 is 0 Å². The highest BCUT2D eigenvalue weighted by Gasteiger charge is 2.28. The van der Waals surface area contributed by atoms with Crippen molar-refractivity contribution in [1.82, 2.24) is 14.5 Å². The number of imidazole rings is 1. The predicted octanol–water partition coefficient (Wildman–Crippen LogP) is 2.34. The van der Waals surface area contributed by atoms with E-state index in [0.29, 0.717) is 30.3 Å². The average molecular weight is 346 g/mol. The highest BCUT2D eigenvalue weighted by molar-refractivity contribution is 5.85. The molecule has 1 unspecified atom stereocenters. The number of rotatable bonds is 7. The smallest absolute Gasteiger partial charge is 0.408 e. The molecule has 25 heavy (non-hydrogen) atoms. The summed E-state index contributed by atoms with van der Waals surface area (Å²) < 4.78 is 12.6. The SMILES string of the molecule is CCCN1CCC(c2nc3c(OC(N)=O)cccc3n2CCOC)C1. The van der Waals surface area contributed by atoms with E-state index < -0.39 is 6.09 Å². The summed E-state index contributed by atoms with van der Waals surface area (Å²) in [5.41, 5.74) is 6.82. The van der Waals surface area contributed by atoms with E-state index in [4.69, 9.17) is 20.2 Å². The number of likely N-dealkylation sites (tertiary alicyclic amines) is 1. The molecule has 0 spiro atoms. The van der Waals surface area contributed by atoms with Gasteiger partial charge in [-0.3, -0.25) is 0 Å². The molecular weight excluding hydrogens is 320 g/mol. The Bertz CT molecular complexity index is 743. The Labute approximate surface area is 147 Å². The van der Waals surface area contributed by atoms with Gasteiger partial charge in [-0.25, -0.2) is 9.78 Å². The van der Waals surface area contributed by atoms with E-state index >= 15 is 0 Å². The number of nitrogens with two attached hydrogens (primary N) is 1. The Morgan fingerprint density at radius 2 is 2.24 bits per heavy atom. The number of benzene rings is 1. The zero-order chi connectivity index (χ0) is 17.8. The van der Waals surface area contributed by atoms with Crippen molar-refractivity contribution in [2.75, 3.05) is 33.4 Å². The quantitative estimate of drug-likeness (QED) is 0.832. The monoisotopic (exact) mass is 346 g/mol. The molecule has 1 aromatic heterocycles. The van der Waals surface area contributed by atoms with Crippen molar-refractivity contribution in [2.45, 2.75) is 32.2 Å². The molecule has 1 aromatic carbocycles. The molecule has 1 aliphatic rings. The lowest BCUT2D eigenvalue weighted by Crippen LogP contribution is -2.22. The number of hydrogen-bond acceptors (Lipinski definition) is 5. The fraction of sp³-hybridized carbons (Fsp3) is 0.556. The molecule has 136 valence electrons. The van der Waals surface area contributed by atoms with Crippen molar-refractivity contribution >= 4 is 17.1 Å². The third-order valence-corrected chi connectivity index (χ3v) is 4.68. The fourth-order valence-electron chi connectivity index (χ4n) is 3.62. The molecule has 1 atom stereocenters. The second-order valence-electron chi connectivity index (χ2n) is 6.45. The first-order valence-electron chi connectivity index (χ1n) is 8.81. The summed E-state index contributed by atoms with van der Waals surface area (Å²) in [5, 5.41) is 0. The van der Waals surface area contributed by atoms with Crippen LogP contribution < -0.4 is 10.5 Å². The minimum absolute atomic E-state index is 0.372. The average Bonchev–Trinajstić information content (AvgIpc) is 3.18. The summed E-state index contributed by atoms with van der Waals surface area (Å²) >= 11 is 0. The number of ether oxygens (including phenoxy) is 2. The Morgan fingerprint density at radius 1 is 1.40 bits per heavy atom. The van der Waals surface area contributed by atoms with Gasteiger partial charge in [-0.1, -0.05) is 13.0 Å². The summed E-state index contributed by atoms with van der Waals surface area (Å²) in [4.78, 5) is 18.5. The van der Waals surface area contributed by atoms with Gasteiger partial charge >= 0.3 is 6.09 Å². The van der Waals surface area contributed by atoms with Crippen LogP contribution in [0.1, 0.15) is 31.5 Å². The van der Waals surface area contributed by atoms with Crippen LogP contribution in [0.4, 0.5) is 4.79 Å². The number of hydrogen-bond donors (Lipinski definition) is 1. The molecule has 7 nitrogen and oxygen atoms in total. The van der Waals surface area contributed by atoms with Gasteiger partial charge in [0, 0.05) is 26.1 Å². The van der Waals surface area contributed by atoms with Crippen LogP contribution in [0.3, 0.4) is 0 Å². The largest absolute Gasteiger partial charge is 0.410 e. The van der Waals surface area contributed by atoms with Crippen molar-refractivity contribution < 1.29 is 14.3 Å². The number of fused-ring (bicyclic) bond motifs is 1. The van der Waals surface area contributed by atoms with Gasteiger partial charge in [-0.2, -0.15) is 0 Å². The predicted molar refractivity (Wildman–Crippen MR) is 95.9 cm³/mol. The van der Waals surface area contributed by atoms with Gasteiger partial charge in [0.05, 0.1) is 12.1 Å². The molecule has 1 aliphatic heterocycles. The minimum atomic E-state index is -0.824. The van der Waals surface area contributed by atoms with E-state index in [1.807, 2.05) is 12.1 Å². The molecule has 0 radical (unpaired) electrons. The molecule has 1 fully saturated rings. The van der Waals surface area contributed by atoms with Crippen LogP contribution in [0.15, 0.2) is 18.2 Å². The first-order chi connectivity index (χ1) is 12.1. The van der Waals surface area contributed by atoms with E-state index in [2.05, 4.69) is 16.4 Å². The van der Waals surface area contributed by atoms with Crippen LogP contribution in [-0.2, 0) is 11.3 Å². The van der Waals surface area contributed by atoms with Gasteiger partial charge in [-0.05, 0) is 38.1 Å². The minimum Gasteiger partial charge on any atom is -0.408 e. The summed E-state index contributed by atoms with van der Waals surface area (Å²) in [5.74, 6) is 1.81. The van der Waals surface area contributed by atoms with Gasteiger partial charge in [0.1, 0.15) is 11.3 Å². The van der Waals surface area contributed by atoms with Crippen molar-refractivity contribution in [3.63, 3.8) is 0 Å². The second-order valence-corrected chi connectivity index (χ2v) is 6.45. The van der Waals surface area contributed by atoms with Crippen molar-refractivity contribution in [3.05, 3.63) is 24.0 Å². The molecule has 3 rings (SSSR count). The number of carbonyl (C=O) groups excluding carboxylic acids is 1. The van der Waals surface area contributed by atoms with Crippen LogP contribution in [0.25, 0.3) is 11.0 Å². The van der Waals surface area contributed by atoms with Crippen LogP contribution in [-0.4, -0.2) is 53.9 Å². The molecule has 7 heteroatoms. The lowest BCUT2D eigenvalue weighted by molar-refractivity contribution is 0.187. The van der Waals surface area contributed by atoms with Crippen LogP contribution in [0.5, 0.6) is 5.75 Å². The maximum Gasteiger partial charge on any atom is 0.410 e. The van der Waals surface area contributed by atoms with E-state index in [9.17, 15) is 4.79 Å². The fourth-order valence-corrected chi connectivity index (χ4v) is 3.62. The Morgan fingerprint density at radius 3 is 2.96 bits per heavy atom. The number of para-hydroxylation sites is 1. The zero-order valence-electron chi connectivity index (χ0n) is 14.9. The first-order valence-corrected chi connectivity index (χ1v) is 8.81. The molecule has 0 aliphatic carbocycles. The molecule has 1 saturated heterocycles. The second kappa shape index (κ2) is 7.84. The van der Waals surface area contributed by atoms with E-state index in [1.165, 1.54) is 0 Å². The first kappa shape index (κ1) is 17.7. The van der Waals surface area contributed by atoms with Crippen molar-refractivity contribution in [3.8, 4) is 5.75 Å². The maximum atomic E-state index is 11.2. The summed E-state index contributed by atoms with van der Waals surface area (Å²) in [6.07, 6.45) is 1.42. The number of methoxy groups -OCH3 is 1. The topological polar surface area (TPSA) is 82.6 Å². The Hall–Kier alpha value is -2.12. The van der Waals surface area contributed by atoms with Crippen LogP contribution in [0, 0.1) is 0 Å². The standard InChI is InChI=1S/C18H26N4O3/c1-3-8-21-9-7-13(12-21)17-20-16-14(22(17)10-11-24-2)5-4-6-15(16)25-18(19)23/h4-6,13H,3,7-12H2,1-2H3,(H2,19,23). The molecule has 0 saturated carbocycles. The third kappa shape index (κ3) is 3.77. The van der Waals surface area contributed by atoms with E-state index in [-0.39, 0.29) is 0 Å². The van der Waals surface area contributed by atoms with E-state index in [0.717, 1.165) is 43.8 Å². The van der Waals surface area contributed by atoms with Crippen LogP contribution in [0.2, 0.25) is 0 Å². The van der Waals surface area contributed by atoms with Gasteiger partial charge in [0.15, 0.2) is 5.75 Å². The van der Waals surface area contributed by atoms with Gasteiger partial charge in [0.25, 0.3) is 0 Å². The number of amides is 1. The molecular formula is C18H26N4O3. The summed E-state index contributed by atoms with van der Waals surface area (Å²) in [7, 11) is 1.69. The zero-order valence-corrected chi connectivity index (χ0v) is 14.9. The highest BCUT2D eigenvalue weighted by Crippen LogP contribution is 2.33. The van der Waals surface area contributed by atoms with Crippen molar-refractivity contribution in [1.29, 1.82) is 0 Å². The molecule has 2 N–H and O–H groups in total. The third-order valence-electron chi connectivity index (χ3n) is 4.68. The normalized spacial score (nSPS) is 18.1. The highest BCUT2D eigenvalue weighted by atomic mass is 16.5. The number of carbonyl (C=O) groups is 1. The number of nitrogens with zero attached hydrogens (tertiary/aromatic N) is 3. The number of primary amides is 1. The molecule has 1 amide bonds. The Balaban J connectivity index is 1.99. The number of aromatic nitrogens is 2. The van der Waals surface area contributed by atoms with E-state index in [1.54, 1.807) is 13.2 Å². The van der Waals surface area contributed by atoms with Gasteiger partial charge < -0.3 is 24.7 Å².